The van der Waals surface area contributed by atoms with Gasteiger partial charge in [0.1, 0.15) is 17.9 Å². The topological polar surface area (TPSA) is 160 Å². The molecule has 1 spiro atoms. The molecular formula is C22H34N6O6. The van der Waals surface area contributed by atoms with E-state index in [1.165, 1.54) is 11.7 Å². The van der Waals surface area contributed by atoms with E-state index < -0.39 is 41.2 Å². The summed E-state index contributed by atoms with van der Waals surface area (Å²) in [6.45, 7) is 5.35. The van der Waals surface area contributed by atoms with E-state index in [1.807, 2.05) is 20.8 Å². The first kappa shape index (κ1) is 25.5. The fourth-order valence-corrected chi connectivity index (χ4v) is 4.79. The third-order valence-electron chi connectivity index (χ3n) is 6.65. The number of anilines is 2. The summed E-state index contributed by atoms with van der Waals surface area (Å²) in [5, 5.41) is 2.81. The standard InChI is InChI=1S/C22H34N6O6/c1-13(2)11-27-17(23)16(18(30)24-20(27)32)26(9-10-34-4)15(29)12-28-19(31)22(25-21(28)33)8-6-5-7-14(22)3/h13-14H,5-12,23H2,1-4H3,(H,25,33)(H,24,30,32)/t14-,22+/m1/s1. The first-order valence-electron chi connectivity index (χ1n) is 11.6. The molecule has 188 valence electrons. The Labute approximate surface area is 197 Å². The minimum atomic E-state index is -1.01. The van der Waals surface area contributed by atoms with Crippen LogP contribution in [0.15, 0.2) is 9.59 Å². The van der Waals surface area contributed by atoms with Gasteiger partial charge in [0.05, 0.1) is 6.61 Å². The number of hydrogen-bond donors (Lipinski definition) is 3. The first-order chi connectivity index (χ1) is 16.0. The Morgan fingerprint density at radius 3 is 2.59 bits per heavy atom. The van der Waals surface area contributed by atoms with Crippen molar-refractivity contribution in [2.24, 2.45) is 11.8 Å². The summed E-state index contributed by atoms with van der Waals surface area (Å²) in [6, 6.07) is -0.634. The van der Waals surface area contributed by atoms with Gasteiger partial charge in [-0.05, 0) is 24.7 Å². The van der Waals surface area contributed by atoms with E-state index in [4.69, 9.17) is 10.5 Å². The van der Waals surface area contributed by atoms with Gasteiger partial charge < -0.3 is 20.7 Å². The molecule has 2 atom stereocenters. The lowest BCUT2D eigenvalue weighted by molar-refractivity contribution is -0.136. The molecule has 2 heterocycles. The van der Waals surface area contributed by atoms with E-state index in [-0.39, 0.29) is 43.0 Å². The molecule has 0 aromatic carbocycles. The van der Waals surface area contributed by atoms with Gasteiger partial charge in [0.15, 0.2) is 5.69 Å². The van der Waals surface area contributed by atoms with Crippen molar-refractivity contribution in [2.45, 2.75) is 58.5 Å². The molecular weight excluding hydrogens is 444 g/mol. The normalized spacial score (nSPS) is 22.5. The molecule has 0 bridgehead atoms. The Balaban J connectivity index is 1.95. The van der Waals surface area contributed by atoms with Gasteiger partial charge in [0.25, 0.3) is 11.5 Å². The van der Waals surface area contributed by atoms with Gasteiger partial charge in [-0.25, -0.2) is 9.59 Å². The number of nitrogen functional groups attached to an aromatic ring is 1. The van der Waals surface area contributed by atoms with Crippen LogP contribution in [0.2, 0.25) is 0 Å². The molecule has 12 heteroatoms. The Morgan fingerprint density at radius 1 is 1.26 bits per heavy atom. The van der Waals surface area contributed by atoms with Gasteiger partial charge in [-0.3, -0.25) is 28.8 Å². The quantitative estimate of drug-likeness (QED) is 0.452. The molecule has 1 aromatic heterocycles. The third-order valence-corrected chi connectivity index (χ3v) is 6.65. The van der Waals surface area contributed by atoms with Gasteiger partial charge in [-0.2, -0.15) is 0 Å². The van der Waals surface area contributed by atoms with Gasteiger partial charge in [0, 0.05) is 20.2 Å². The van der Waals surface area contributed by atoms with Gasteiger partial charge >= 0.3 is 11.7 Å². The maximum atomic E-state index is 13.4. The summed E-state index contributed by atoms with van der Waals surface area (Å²) in [4.78, 5) is 68.6. The molecule has 2 aliphatic rings. The lowest BCUT2D eigenvalue weighted by Gasteiger charge is -2.36. The number of H-pyrrole nitrogens is 1. The molecule has 1 saturated heterocycles. The number of ether oxygens (including phenoxy) is 1. The number of imide groups is 1. The molecule has 4 N–H and O–H groups in total. The summed E-state index contributed by atoms with van der Waals surface area (Å²) >= 11 is 0. The fraction of sp³-hybridized carbons (Fsp3) is 0.682. The van der Waals surface area contributed by atoms with Crippen LogP contribution in [-0.4, -0.2) is 64.6 Å². The molecule has 1 saturated carbocycles. The average molecular weight is 479 g/mol. The van der Waals surface area contributed by atoms with Crippen molar-refractivity contribution in [2.75, 3.05) is 37.4 Å². The fourth-order valence-electron chi connectivity index (χ4n) is 4.79. The zero-order chi connectivity index (χ0) is 25.2. The third kappa shape index (κ3) is 4.59. The molecule has 1 aliphatic heterocycles. The number of amides is 4. The number of nitrogens with two attached hydrogens (primary N) is 1. The van der Waals surface area contributed by atoms with Crippen molar-refractivity contribution in [3.05, 3.63) is 20.8 Å². The van der Waals surface area contributed by atoms with Crippen molar-refractivity contribution in [3.63, 3.8) is 0 Å². The van der Waals surface area contributed by atoms with Gasteiger partial charge in [-0.1, -0.05) is 33.6 Å². The molecule has 2 fully saturated rings. The monoisotopic (exact) mass is 478 g/mol. The number of nitrogens with one attached hydrogen (secondary N) is 2. The van der Waals surface area contributed by atoms with E-state index in [2.05, 4.69) is 10.3 Å². The van der Waals surface area contributed by atoms with Crippen LogP contribution >= 0.6 is 0 Å². The van der Waals surface area contributed by atoms with Crippen LogP contribution in [-0.2, 0) is 20.9 Å². The van der Waals surface area contributed by atoms with Gasteiger partial charge in [-0.15, -0.1) is 0 Å². The number of aromatic amines is 1. The number of carbonyl (C=O) groups is 3. The summed E-state index contributed by atoms with van der Waals surface area (Å²) in [6.07, 6.45) is 3.10. The number of aromatic nitrogens is 2. The average Bonchev–Trinajstić information content (AvgIpc) is 3.00. The Morgan fingerprint density at radius 2 is 1.97 bits per heavy atom. The Kier molecular flexibility index (Phi) is 7.49. The predicted molar refractivity (Wildman–Crippen MR) is 125 cm³/mol. The van der Waals surface area contributed by atoms with Crippen molar-refractivity contribution in [1.29, 1.82) is 0 Å². The molecule has 0 radical (unpaired) electrons. The van der Waals surface area contributed by atoms with Crippen molar-refractivity contribution < 1.29 is 19.1 Å². The lowest BCUT2D eigenvalue weighted by Crippen LogP contribution is -2.54. The zero-order valence-corrected chi connectivity index (χ0v) is 20.2. The van der Waals surface area contributed by atoms with Crippen molar-refractivity contribution >= 4 is 29.4 Å². The van der Waals surface area contributed by atoms with Gasteiger partial charge in [0.2, 0.25) is 5.91 Å². The molecule has 12 nitrogen and oxygen atoms in total. The molecule has 0 unspecified atom stereocenters. The maximum absolute atomic E-state index is 13.4. The highest BCUT2D eigenvalue weighted by Gasteiger charge is 2.55. The van der Waals surface area contributed by atoms with E-state index >= 15 is 0 Å². The summed E-state index contributed by atoms with van der Waals surface area (Å²) in [5.41, 5.74) is 3.45. The van der Waals surface area contributed by atoms with Crippen molar-refractivity contribution in [1.82, 2.24) is 19.8 Å². The molecule has 4 amide bonds. The molecule has 34 heavy (non-hydrogen) atoms. The second-order valence-electron chi connectivity index (χ2n) is 9.48. The SMILES string of the molecule is COCCN(C(=O)CN1C(=O)N[C@]2(CCCC[C@H]2C)C1=O)c1c(N)n(CC(C)C)c(=O)[nH]c1=O. The van der Waals surface area contributed by atoms with E-state index in [0.29, 0.717) is 6.42 Å². The second-order valence-corrected chi connectivity index (χ2v) is 9.48. The number of rotatable bonds is 8. The van der Waals surface area contributed by atoms with E-state index in [0.717, 1.165) is 29.1 Å². The Bertz CT molecular complexity index is 1080. The highest BCUT2D eigenvalue weighted by atomic mass is 16.5. The number of hydrogen-bond acceptors (Lipinski definition) is 7. The minimum Gasteiger partial charge on any atom is -0.383 e. The van der Waals surface area contributed by atoms with Crippen LogP contribution in [0.3, 0.4) is 0 Å². The second kappa shape index (κ2) is 10.00. The predicted octanol–water partition coefficient (Wildman–Crippen LogP) is 0.255. The Hall–Kier alpha value is -3.15. The first-order valence-corrected chi connectivity index (χ1v) is 11.6. The van der Waals surface area contributed by atoms with Crippen LogP contribution in [0.25, 0.3) is 0 Å². The molecule has 1 aromatic rings. The summed E-state index contributed by atoms with van der Waals surface area (Å²) in [7, 11) is 1.43. The zero-order valence-electron chi connectivity index (χ0n) is 20.2. The number of carbonyl (C=O) groups excluding carboxylic acids is 3. The smallest absolute Gasteiger partial charge is 0.330 e. The van der Waals surface area contributed by atoms with Crippen molar-refractivity contribution in [3.8, 4) is 0 Å². The summed E-state index contributed by atoms with van der Waals surface area (Å²) < 4.78 is 6.28. The van der Waals surface area contributed by atoms with Crippen LogP contribution in [0.4, 0.5) is 16.3 Å². The van der Waals surface area contributed by atoms with E-state index in [9.17, 15) is 24.0 Å². The highest BCUT2D eigenvalue weighted by molar-refractivity contribution is 6.10. The van der Waals surface area contributed by atoms with Crippen LogP contribution in [0, 0.1) is 11.8 Å². The number of urea groups is 1. The molecule has 3 rings (SSSR count). The summed E-state index contributed by atoms with van der Waals surface area (Å²) in [5.74, 6) is -1.30. The molecule has 1 aliphatic carbocycles. The van der Waals surface area contributed by atoms with Crippen LogP contribution in [0.1, 0.15) is 46.5 Å². The lowest BCUT2D eigenvalue weighted by atomic mass is 9.73. The van der Waals surface area contributed by atoms with Crippen LogP contribution < -0.4 is 27.2 Å². The van der Waals surface area contributed by atoms with Crippen LogP contribution in [0.5, 0.6) is 0 Å². The largest absolute Gasteiger partial charge is 0.383 e. The number of nitrogens with zero attached hydrogens (tertiary/aromatic N) is 3. The minimum absolute atomic E-state index is 0.0430. The number of methoxy groups -OCH3 is 1. The maximum Gasteiger partial charge on any atom is 0.330 e. The highest BCUT2D eigenvalue weighted by Crippen LogP contribution is 2.38. The van der Waals surface area contributed by atoms with E-state index in [1.54, 1.807) is 0 Å².